The summed E-state index contributed by atoms with van der Waals surface area (Å²) in [5.74, 6) is 0.858. The number of hydrogen-bond acceptors (Lipinski definition) is 4. The van der Waals surface area contributed by atoms with E-state index in [1.807, 2.05) is 11.6 Å². The lowest BCUT2D eigenvalue weighted by Gasteiger charge is -2.02. The maximum absolute atomic E-state index is 10.3. The summed E-state index contributed by atoms with van der Waals surface area (Å²) in [7, 11) is 3.68. The molecule has 1 rings (SSSR count). The zero-order valence-corrected chi connectivity index (χ0v) is 9.03. The van der Waals surface area contributed by atoms with E-state index in [1.54, 1.807) is 7.05 Å². The fourth-order valence-corrected chi connectivity index (χ4v) is 1.36. The van der Waals surface area contributed by atoms with Crippen LogP contribution in [-0.4, -0.2) is 32.9 Å². The van der Waals surface area contributed by atoms with Crippen molar-refractivity contribution in [3.63, 3.8) is 0 Å². The van der Waals surface area contributed by atoms with Crippen molar-refractivity contribution in [3.8, 4) is 0 Å². The molecule has 0 radical (unpaired) electrons. The van der Waals surface area contributed by atoms with Crippen LogP contribution in [0.4, 0.5) is 5.95 Å². The minimum absolute atomic E-state index is 0.219. The van der Waals surface area contributed by atoms with Crippen LogP contribution < -0.4 is 5.32 Å². The first-order valence-electron chi connectivity index (χ1n) is 4.93. The van der Waals surface area contributed by atoms with Gasteiger partial charge < -0.3 is 15.0 Å². The zero-order valence-electron chi connectivity index (χ0n) is 9.03. The Morgan fingerprint density at radius 2 is 2.20 bits per heavy atom. The van der Waals surface area contributed by atoms with Crippen molar-refractivity contribution in [2.24, 2.45) is 7.05 Å². The van der Waals surface area contributed by atoms with Gasteiger partial charge in [-0.15, -0.1) is 10.2 Å². The molecule has 15 heavy (non-hydrogen) atoms. The molecule has 0 aliphatic heterocycles. The molecule has 0 aliphatic rings. The first-order chi connectivity index (χ1) is 7.15. The maximum Gasteiger partial charge on any atom is 0.303 e. The molecule has 1 aromatic heterocycles. The Hall–Kier alpha value is -1.59. The van der Waals surface area contributed by atoms with Gasteiger partial charge in [0.15, 0.2) is 0 Å². The molecule has 0 unspecified atom stereocenters. The van der Waals surface area contributed by atoms with Crippen LogP contribution in [0.5, 0.6) is 0 Å². The van der Waals surface area contributed by atoms with Crippen LogP contribution in [0.15, 0.2) is 0 Å². The SMILES string of the molecule is CNc1nnc(CCCCC(=O)O)n1C. The normalized spacial score (nSPS) is 10.3. The standard InChI is InChI=1S/C9H16N4O2/c1-10-9-12-11-7(13(9)2)5-3-4-6-8(14)15/h3-6H2,1-2H3,(H,10,12)(H,14,15). The molecule has 0 atom stereocenters. The molecule has 0 saturated heterocycles. The monoisotopic (exact) mass is 212 g/mol. The van der Waals surface area contributed by atoms with Gasteiger partial charge in [0.25, 0.3) is 0 Å². The van der Waals surface area contributed by atoms with E-state index in [2.05, 4.69) is 15.5 Å². The van der Waals surface area contributed by atoms with Crippen LogP contribution in [0.25, 0.3) is 0 Å². The van der Waals surface area contributed by atoms with E-state index in [0.29, 0.717) is 6.42 Å². The van der Waals surface area contributed by atoms with Gasteiger partial charge in [0.2, 0.25) is 5.95 Å². The molecule has 0 fully saturated rings. The van der Waals surface area contributed by atoms with E-state index < -0.39 is 5.97 Å². The number of aryl methyl sites for hydroxylation is 1. The van der Waals surface area contributed by atoms with Gasteiger partial charge in [-0.1, -0.05) is 0 Å². The lowest BCUT2D eigenvalue weighted by atomic mass is 10.2. The summed E-state index contributed by atoms with van der Waals surface area (Å²) >= 11 is 0. The van der Waals surface area contributed by atoms with Gasteiger partial charge in [-0.3, -0.25) is 4.79 Å². The van der Waals surface area contributed by atoms with Crippen molar-refractivity contribution >= 4 is 11.9 Å². The molecule has 0 saturated carbocycles. The smallest absolute Gasteiger partial charge is 0.303 e. The molecule has 6 heteroatoms. The molecule has 0 spiro atoms. The largest absolute Gasteiger partial charge is 0.481 e. The van der Waals surface area contributed by atoms with Crippen LogP contribution in [0.2, 0.25) is 0 Å². The number of nitrogens with one attached hydrogen (secondary N) is 1. The summed E-state index contributed by atoms with van der Waals surface area (Å²) in [5, 5.41) is 19.3. The van der Waals surface area contributed by atoms with Gasteiger partial charge in [0.1, 0.15) is 5.82 Å². The summed E-state index contributed by atoms with van der Waals surface area (Å²) in [4.78, 5) is 10.3. The average Bonchev–Trinajstić information content (AvgIpc) is 2.54. The highest BCUT2D eigenvalue weighted by atomic mass is 16.4. The van der Waals surface area contributed by atoms with Gasteiger partial charge in [0.05, 0.1) is 0 Å². The lowest BCUT2D eigenvalue weighted by Crippen LogP contribution is -2.03. The first kappa shape index (κ1) is 11.5. The highest BCUT2D eigenvalue weighted by Crippen LogP contribution is 2.08. The van der Waals surface area contributed by atoms with Gasteiger partial charge in [-0.05, 0) is 12.8 Å². The summed E-state index contributed by atoms with van der Waals surface area (Å²) in [6.07, 6.45) is 2.48. The molecular weight excluding hydrogens is 196 g/mol. The number of carbonyl (C=O) groups is 1. The number of aliphatic carboxylic acids is 1. The third-order valence-electron chi connectivity index (χ3n) is 2.23. The molecular formula is C9H16N4O2. The number of anilines is 1. The Bertz CT molecular complexity index is 335. The molecule has 0 bridgehead atoms. The number of carboxylic acids is 1. The molecule has 1 aromatic rings. The number of hydrogen-bond donors (Lipinski definition) is 2. The number of rotatable bonds is 6. The van der Waals surface area contributed by atoms with E-state index in [0.717, 1.165) is 24.6 Å². The molecule has 0 aliphatic carbocycles. The predicted octanol–water partition coefficient (Wildman–Crippen LogP) is 0.654. The van der Waals surface area contributed by atoms with Crippen molar-refractivity contribution in [1.82, 2.24) is 14.8 Å². The van der Waals surface area contributed by atoms with Crippen LogP contribution >= 0.6 is 0 Å². The van der Waals surface area contributed by atoms with Crippen molar-refractivity contribution in [2.45, 2.75) is 25.7 Å². The van der Waals surface area contributed by atoms with Crippen LogP contribution in [0.1, 0.15) is 25.1 Å². The Kier molecular flexibility index (Phi) is 4.08. The van der Waals surface area contributed by atoms with Crippen molar-refractivity contribution in [2.75, 3.05) is 12.4 Å². The van der Waals surface area contributed by atoms with E-state index in [4.69, 9.17) is 5.11 Å². The molecule has 6 nitrogen and oxygen atoms in total. The topological polar surface area (TPSA) is 80.0 Å². The molecule has 0 aromatic carbocycles. The van der Waals surface area contributed by atoms with E-state index in [9.17, 15) is 4.79 Å². The van der Waals surface area contributed by atoms with Gasteiger partial charge in [-0.2, -0.15) is 0 Å². The van der Waals surface area contributed by atoms with E-state index in [1.165, 1.54) is 0 Å². The van der Waals surface area contributed by atoms with Gasteiger partial charge in [0, 0.05) is 26.9 Å². The number of unbranched alkanes of at least 4 members (excludes halogenated alkanes) is 1. The van der Waals surface area contributed by atoms with Crippen LogP contribution in [0, 0.1) is 0 Å². The third-order valence-corrected chi connectivity index (χ3v) is 2.23. The van der Waals surface area contributed by atoms with Crippen molar-refractivity contribution in [1.29, 1.82) is 0 Å². The fraction of sp³-hybridized carbons (Fsp3) is 0.667. The summed E-state index contributed by atoms with van der Waals surface area (Å²) < 4.78 is 1.88. The number of nitrogens with zero attached hydrogens (tertiary/aromatic N) is 3. The van der Waals surface area contributed by atoms with Gasteiger partial charge >= 0.3 is 5.97 Å². The van der Waals surface area contributed by atoms with Crippen LogP contribution in [0.3, 0.4) is 0 Å². The number of carboxylic acid groups (broad SMARTS) is 1. The summed E-state index contributed by atoms with van der Waals surface area (Å²) in [6.45, 7) is 0. The van der Waals surface area contributed by atoms with E-state index >= 15 is 0 Å². The number of aromatic nitrogens is 3. The maximum atomic E-state index is 10.3. The third kappa shape index (κ3) is 3.23. The highest BCUT2D eigenvalue weighted by molar-refractivity contribution is 5.66. The average molecular weight is 212 g/mol. The van der Waals surface area contributed by atoms with Crippen molar-refractivity contribution in [3.05, 3.63) is 5.82 Å². The van der Waals surface area contributed by atoms with Crippen molar-refractivity contribution < 1.29 is 9.90 Å². The Morgan fingerprint density at radius 3 is 2.73 bits per heavy atom. The summed E-state index contributed by atoms with van der Waals surface area (Å²) in [5.41, 5.74) is 0. The van der Waals surface area contributed by atoms with Gasteiger partial charge in [-0.25, -0.2) is 0 Å². The summed E-state index contributed by atoms with van der Waals surface area (Å²) in [6, 6.07) is 0. The van der Waals surface area contributed by atoms with E-state index in [-0.39, 0.29) is 6.42 Å². The highest BCUT2D eigenvalue weighted by Gasteiger charge is 2.06. The molecule has 84 valence electrons. The fourth-order valence-electron chi connectivity index (χ4n) is 1.36. The Labute approximate surface area is 88.3 Å². The molecule has 2 N–H and O–H groups in total. The molecule has 1 heterocycles. The minimum atomic E-state index is -0.746. The minimum Gasteiger partial charge on any atom is -0.481 e. The predicted molar refractivity (Wildman–Crippen MR) is 55.7 cm³/mol. The second-order valence-corrected chi connectivity index (χ2v) is 3.35. The quantitative estimate of drug-likeness (QED) is 0.677. The molecule has 0 amide bonds. The first-order valence-corrected chi connectivity index (χ1v) is 4.93. The lowest BCUT2D eigenvalue weighted by molar-refractivity contribution is -0.137. The Morgan fingerprint density at radius 1 is 1.47 bits per heavy atom. The Balaban J connectivity index is 2.37. The second kappa shape index (κ2) is 5.33. The zero-order chi connectivity index (χ0) is 11.3. The second-order valence-electron chi connectivity index (χ2n) is 3.35. The van der Waals surface area contributed by atoms with Crippen LogP contribution in [-0.2, 0) is 18.3 Å².